The molecular formula is C19H20N4O2S. The van der Waals surface area contributed by atoms with Crippen LogP contribution >= 0.6 is 0 Å². The number of benzene rings is 1. The third-order valence-electron chi connectivity index (χ3n) is 4.68. The Bertz CT molecular complexity index is 972. The maximum absolute atomic E-state index is 12.9. The van der Waals surface area contributed by atoms with Crippen LogP contribution in [0.25, 0.3) is 0 Å². The lowest BCUT2D eigenvalue weighted by Gasteiger charge is -2.23. The van der Waals surface area contributed by atoms with Crippen LogP contribution < -0.4 is 0 Å². The van der Waals surface area contributed by atoms with Gasteiger partial charge in [0.1, 0.15) is 4.90 Å². The molecule has 1 unspecified atom stereocenters. The Labute approximate surface area is 153 Å². The van der Waals surface area contributed by atoms with Gasteiger partial charge in [0.25, 0.3) is 0 Å². The molecule has 2 aromatic heterocycles. The van der Waals surface area contributed by atoms with Crippen LogP contribution in [0.4, 0.5) is 0 Å². The van der Waals surface area contributed by atoms with E-state index in [0.717, 1.165) is 30.7 Å². The van der Waals surface area contributed by atoms with Crippen molar-refractivity contribution in [1.29, 1.82) is 0 Å². The second-order valence-electron chi connectivity index (χ2n) is 6.42. The molecule has 0 amide bonds. The van der Waals surface area contributed by atoms with E-state index in [-0.39, 0.29) is 10.9 Å². The molecule has 3 heterocycles. The fraction of sp³-hybridized carbons (Fsp3) is 0.263. The van der Waals surface area contributed by atoms with E-state index < -0.39 is 10.0 Å². The molecule has 1 N–H and O–H groups in total. The number of hydrogen-bond acceptors (Lipinski definition) is 4. The van der Waals surface area contributed by atoms with Crippen molar-refractivity contribution < 1.29 is 8.42 Å². The molecule has 1 aliphatic heterocycles. The minimum absolute atomic E-state index is 0.199. The Balaban J connectivity index is 1.61. The summed E-state index contributed by atoms with van der Waals surface area (Å²) in [5, 5.41) is 6.35. The van der Waals surface area contributed by atoms with Gasteiger partial charge in [-0.3, -0.25) is 10.1 Å². The minimum atomic E-state index is -3.56. The topological polar surface area (TPSA) is 79.0 Å². The van der Waals surface area contributed by atoms with Gasteiger partial charge in [0.2, 0.25) is 10.0 Å². The summed E-state index contributed by atoms with van der Waals surface area (Å²) in [6, 6.07) is 15.8. The Morgan fingerprint density at radius 3 is 2.73 bits per heavy atom. The van der Waals surface area contributed by atoms with Gasteiger partial charge in [-0.2, -0.15) is 9.40 Å². The summed E-state index contributed by atoms with van der Waals surface area (Å²) in [6.07, 6.45) is 5.11. The van der Waals surface area contributed by atoms with Gasteiger partial charge in [-0.15, -0.1) is 0 Å². The Morgan fingerprint density at radius 2 is 1.96 bits per heavy atom. The quantitative estimate of drug-likeness (QED) is 0.751. The van der Waals surface area contributed by atoms with Crippen molar-refractivity contribution in [2.75, 3.05) is 6.54 Å². The van der Waals surface area contributed by atoms with Crippen molar-refractivity contribution in [3.05, 3.63) is 77.9 Å². The van der Waals surface area contributed by atoms with Gasteiger partial charge in [-0.1, -0.05) is 36.4 Å². The van der Waals surface area contributed by atoms with E-state index in [4.69, 9.17) is 4.98 Å². The third kappa shape index (κ3) is 3.27. The zero-order chi connectivity index (χ0) is 18.0. The maximum Gasteiger partial charge on any atom is 0.246 e. The number of pyridine rings is 1. The van der Waals surface area contributed by atoms with Crippen LogP contribution in [0, 0.1) is 0 Å². The summed E-state index contributed by atoms with van der Waals surface area (Å²) < 4.78 is 27.3. The first-order chi connectivity index (χ1) is 12.6. The molecule has 0 spiro atoms. The fourth-order valence-electron chi connectivity index (χ4n) is 3.43. The summed E-state index contributed by atoms with van der Waals surface area (Å²) in [7, 11) is -3.56. The molecule has 0 radical (unpaired) electrons. The number of sulfonamides is 1. The van der Waals surface area contributed by atoms with Crippen molar-refractivity contribution in [3.63, 3.8) is 0 Å². The molecule has 26 heavy (non-hydrogen) atoms. The molecule has 1 atom stereocenters. The van der Waals surface area contributed by atoms with Gasteiger partial charge in [-0.25, -0.2) is 8.42 Å². The summed E-state index contributed by atoms with van der Waals surface area (Å²) in [5.74, 6) is 0. The van der Waals surface area contributed by atoms with E-state index in [0.29, 0.717) is 6.54 Å². The monoisotopic (exact) mass is 368 g/mol. The van der Waals surface area contributed by atoms with Crippen molar-refractivity contribution in [2.24, 2.45) is 0 Å². The number of aromatic amines is 1. The van der Waals surface area contributed by atoms with E-state index in [1.54, 1.807) is 4.31 Å². The van der Waals surface area contributed by atoms with E-state index in [9.17, 15) is 8.42 Å². The van der Waals surface area contributed by atoms with Crippen LogP contribution in [-0.4, -0.2) is 34.4 Å². The van der Waals surface area contributed by atoms with E-state index in [1.165, 1.54) is 18.0 Å². The first-order valence-corrected chi connectivity index (χ1v) is 10.1. The number of aromatic nitrogens is 3. The molecule has 3 aromatic rings. The average molecular weight is 368 g/mol. The summed E-state index contributed by atoms with van der Waals surface area (Å²) in [4.78, 5) is 4.96. The second-order valence-corrected chi connectivity index (χ2v) is 8.31. The number of rotatable bonds is 5. The molecule has 1 saturated heterocycles. The van der Waals surface area contributed by atoms with Crippen LogP contribution in [0.1, 0.15) is 35.8 Å². The molecule has 1 fully saturated rings. The first-order valence-electron chi connectivity index (χ1n) is 8.65. The molecule has 134 valence electrons. The number of nitrogens with one attached hydrogen (secondary N) is 1. The summed E-state index contributed by atoms with van der Waals surface area (Å²) >= 11 is 0. The number of hydrogen-bond donors (Lipinski definition) is 1. The SMILES string of the molecule is O=S(=O)(c1cn[nH]c1)N1CCCC1c1cccc(Cc2ccccc2)n1. The van der Waals surface area contributed by atoms with Crippen LogP contribution in [0.5, 0.6) is 0 Å². The lowest BCUT2D eigenvalue weighted by Crippen LogP contribution is -2.31. The standard InChI is InChI=1S/C19H20N4O2S/c24-26(25,17-13-20-21-14-17)23-11-5-10-19(23)18-9-4-8-16(22-18)12-15-6-2-1-3-7-15/h1-4,6-9,13-14,19H,5,10-12H2,(H,20,21). The van der Waals surface area contributed by atoms with Crippen LogP contribution in [0.15, 0.2) is 65.8 Å². The fourth-order valence-corrected chi connectivity index (χ4v) is 5.00. The molecule has 0 saturated carbocycles. The molecule has 4 rings (SSSR count). The number of nitrogens with zero attached hydrogens (tertiary/aromatic N) is 3. The van der Waals surface area contributed by atoms with Gasteiger partial charge in [-0.05, 0) is 30.5 Å². The normalized spacial score (nSPS) is 18.2. The van der Waals surface area contributed by atoms with E-state index in [1.807, 2.05) is 36.4 Å². The van der Waals surface area contributed by atoms with Crippen molar-refractivity contribution in [1.82, 2.24) is 19.5 Å². The highest BCUT2D eigenvalue weighted by Gasteiger charge is 2.37. The van der Waals surface area contributed by atoms with E-state index in [2.05, 4.69) is 22.3 Å². The molecule has 0 aliphatic carbocycles. The van der Waals surface area contributed by atoms with Gasteiger partial charge < -0.3 is 0 Å². The molecule has 6 nitrogen and oxygen atoms in total. The van der Waals surface area contributed by atoms with Gasteiger partial charge in [0.05, 0.1) is 17.9 Å². The molecule has 7 heteroatoms. The highest BCUT2D eigenvalue weighted by atomic mass is 32.2. The van der Waals surface area contributed by atoms with Crippen LogP contribution in [0.3, 0.4) is 0 Å². The molecule has 1 aromatic carbocycles. The Hall–Kier alpha value is -2.51. The minimum Gasteiger partial charge on any atom is -0.284 e. The predicted molar refractivity (Wildman–Crippen MR) is 97.9 cm³/mol. The molecule has 1 aliphatic rings. The largest absolute Gasteiger partial charge is 0.284 e. The van der Waals surface area contributed by atoms with Crippen molar-refractivity contribution in [2.45, 2.75) is 30.2 Å². The Morgan fingerprint density at radius 1 is 1.12 bits per heavy atom. The third-order valence-corrected chi connectivity index (χ3v) is 6.55. The lowest BCUT2D eigenvalue weighted by atomic mass is 10.1. The number of H-pyrrole nitrogens is 1. The smallest absolute Gasteiger partial charge is 0.246 e. The van der Waals surface area contributed by atoms with Crippen molar-refractivity contribution in [3.8, 4) is 0 Å². The highest BCUT2D eigenvalue weighted by Crippen LogP contribution is 2.35. The zero-order valence-electron chi connectivity index (χ0n) is 14.2. The van der Waals surface area contributed by atoms with Crippen LogP contribution in [0.2, 0.25) is 0 Å². The maximum atomic E-state index is 12.9. The first kappa shape index (κ1) is 16.9. The van der Waals surface area contributed by atoms with Gasteiger partial charge >= 0.3 is 0 Å². The summed E-state index contributed by atoms with van der Waals surface area (Å²) in [6.45, 7) is 0.503. The molecule has 0 bridgehead atoms. The Kier molecular flexibility index (Phi) is 4.57. The van der Waals surface area contributed by atoms with Gasteiger partial charge in [0, 0.05) is 24.9 Å². The van der Waals surface area contributed by atoms with Crippen LogP contribution in [-0.2, 0) is 16.4 Å². The zero-order valence-corrected chi connectivity index (χ0v) is 15.1. The molecular weight excluding hydrogens is 348 g/mol. The summed E-state index contributed by atoms with van der Waals surface area (Å²) in [5.41, 5.74) is 2.94. The lowest BCUT2D eigenvalue weighted by molar-refractivity contribution is 0.390. The second kappa shape index (κ2) is 7.01. The van der Waals surface area contributed by atoms with Gasteiger partial charge in [0.15, 0.2) is 0 Å². The van der Waals surface area contributed by atoms with Crippen molar-refractivity contribution >= 4 is 10.0 Å². The average Bonchev–Trinajstić information content (AvgIpc) is 3.35. The van der Waals surface area contributed by atoms with E-state index >= 15 is 0 Å². The predicted octanol–water partition coefficient (Wildman–Crippen LogP) is 2.92. The highest BCUT2D eigenvalue weighted by molar-refractivity contribution is 7.89.